The van der Waals surface area contributed by atoms with Crippen molar-refractivity contribution in [3.63, 3.8) is 0 Å². The summed E-state index contributed by atoms with van der Waals surface area (Å²) < 4.78 is 115. The topological polar surface area (TPSA) is 131 Å². The van der Waals surface area contributed by atoms with Gasteiger partial charge in [-0.2, -0.15) is 17.5 Å². The number of aromatic nitrogens is 1. The van der Waals surface area contributed by atoms with Gasteiger partial charge in [0.1, 0.15) is 4.90 Å². The van der Waals surface area contributed by atoms with Gasteiger partial charge in [0.25, 0.3) is 0 Å². The quantitative estimate of drug-likeness (QED) is 0.549. The lowest BCUT2D eigenvalue weighted by Crippen LogP contribution is -2.44. The number of hydrogen-bond acceptors (Lipinski definition) is 7. The maximum absolute atomic E-state index is 13.3. The molecule has 0 unspecified atom stereocenters. The van der Waals surface area contributed by atoms with E-state index < -0.39 is 57.6 Å². The molecule has 3 rings (SSSR count). The van der Waals surface area contributed by atoms with Gasteiger partial charge < -0.3 is 0 Å². The maximum atomic E-state index is 13.3. The number of piperidine rings is 1. The number of sulfonamides is 2. The molecule has 0 amide bonds. The highest BCUT2D eigenvalue weighted by Gasteiger charge is 2.46. The fourth-order valence-corrected chi connectivity index (χ4v) is 7.65. The molecule has 1 aromatic carbocycles. The van der Waals surface area contributed by atoms with E-state index in [1.807, 2.05) is 0 Å². The van der Waals surface area contributed by atoms with Crippen LogP contribution in [0.1, 0.15) is 12.8 Å². The van der Waals surface area contributed by atoms with Crippen molar-refractivity contribution in [2.45, 2.75) is 33.2 Å². The van der Waals surface area contributed by atoms with E-state index in [4.69, 9.17) is 11.6 Å². The van der Waals surface area contributed by atoms with Crippen LogP contribution in [0, 0.1) is 5.92 Å². The minimum absolute atomic E-state index is 0.0101. The van der Waals surface area contributed by atoms with Crippen molar-refractivity contribution in [1.82, 2.24) is 14.0 Å². The number of benzene rings is 1. The molecule has 0 bridgehead atoms. The molecular weight excluding hydrogens is 543 g/mol. The van der Waals surface area contributed by atoms with Crippen molar-refractivity contribution in [2.24, 2.45) is 5.92 Å². The molecule has 1 aliphatic heterocycles. The van der Waals surface area contributed by atoms with Crippen molar-refractivity contribution < 1.29 is 38.4 Å². The molecule has 2 aromatic rings. The van der Waals surface area contributed by atoms with Gasteiger partial charge in [-0.3, -0.25) is 0 Å². The van der Waals surface area contributed by atoms with E-state index in [1.54, 1.807) is 0 Å². The monoisotopic (exact) mass is 561 g/mol. The van der Waals surface area contributed by atoms with Crippen molar-refractivity contribution in [3.05, 3.63) is 47.6 Å². The number of halogens is 4. The molecular formula is C18H19ClF3N3O6S3. The second-order valence-corrected chi connectivity index (χ2v) is 13.4. The summed E-state index contributed by atoms with van der Waals surface area (Å²) in [6.07, 6.45) is 1.37. The number of rotatable bonds is 7. The van der Waals surface area contributed by atoms with Crippen LogP contribution < -0.4 is 4.72 Å². The summed E-state index contributed by atoms with van der Waals surface area (Å²) in [7, 11) is -14.2. The third-order valence-electron chi connectivity index (χ3n) is 5.17. The molecule has 1 aliphatic rings. The minimum Gasteiger partial charge on any atom is -0.244 e. The first-order chi connectivity index (χ1) is 15.7. The van der Waals surface area contributed by atoms with Crippen LogP contribution >= 0.6 is 11.6 Å². The van der Waals surface area contributed by atoms with Crippen LogP contribution in [0.25, 0.3) is 0 Å². The first-order valence-electron chi connectivity index (χ1n) is 9.68. The summed E-state index contributed by atoms with van der Waals surface area (Å²) >= 11 is 5.94. The van der Waals surface area contributed by atoms with Gasteiger partial charge >= 0.3 is 15.5 Å². The molecule has 2 heterocycles. The van der Waals surface area contributed by atoms with E-state index in [0.717, 1.165) is 16.4 Å². The van der Waals surface area contributed by atoms with E-state index in [0.29, 0.717) is 0 Å². The Labute approximate surface area is 200 Å². The normalized spacial score (nSPS) is 17.1. The first-order valence-corrected chi connectivity index (χ1v) is 14.5. The minimum atomic E-state index is -5.50. The predicted octanol–water partition coefficient (Wildman–Crippen LogP) is 2.41. The zero-order chi connectivity index (χ0) is 25.4. The second kappa shape index (κ2) is 9.70. The molecule has 16 heteroatoms. The third kappa shape index (κ3) is 5.54. The Bertz CT molecular complexity index is 1360. The summed E-state index contributed by atoms with van der Waals surface area (Å²) in [6, 6.07) is 7.43. The maximum Gasteiger partial charge on any atom is 0.511 e. The smallest absolute Gasteiger partial charge is 0.244 e. The molecule has 0 atom stereocenters. The molecule has 9 nitrogen and oxygen atoms in total. The largest absolute Gasteiger partial charge is 0.511 e. The van der Waals surface area contributed by atoms with Gasteiger partial charge in [0.2, 0.25) is 19.9 Å². The highest BCUT2D eigenvalue weighted by Crippen LogP contribution is 2.32. The van der Waals surface area contributed by atoms with Crippen LogP contribution in [-0.2, 0) is 29.9 Å². The van der Waals surface area contributed by atoms with Gasteiger partial charge in [0, 0.05) is 30.9 Å². The number of nitrogens with zero attached hydrogens (tertiary/aromatic N) is 2. The number of hydrogen-bond donors (Lipinski definition) is 1. The van der Waals surface area contributed by atoms with Crippen LogP contribution in [0.2, 0.25) is 5.02 Å². The molecule has 1 fully saturated rings. The lowest BCUT2D eigenvalue weighted by molar-refractivity contribution is -0.0448. The average molecular weight is 562 g/mol. The lowest BCUT2D eigenvalue weighted by atomic mass is 9.99. The van der Waals surface area contributed by atoms with Gasteiger partial charge in [-0.1, -0.05) is 17.7 Å². The van der Waals surface area contributed by atoms with E-state index in [-0.39, 0.29) is 36.0 Å². The van der Waals surface area contributed by atoms with Crippen LogP contribution in [0.4, 0.5) is 13.2 Å². The summed E-state index contributed by atoms with van der Waals surface area (Å²) in [5.74, 6) is -0.537. The average Bonchev–Trinajstić information content (AvgIpc) is 2.77. The molecule has 0 radical (unpaired) electrons. The van der Waals surface area contributed by atoms with Gasteiger partial charge in [0.05, 0.1) is 4.90 Å². The van der Waals surface area contributed by atoms with Gasteiger partial charge in [-0.25, -0.2) is 35.0 Å². The van der Waals surface area contributed by atoms with E-state index in [1.165, 1.54) is 35.2 Å². The number of alkyl halides is 3. The Balaban J connectivity index is 1.82. The van der Waals surface area contributed by atoms with Crippen LogP contribution in [0.5, 0.6) is 0 Å². The van der Waals surface area contributed by atoms with Crippen molar-refractivity contribution in [2.75, 3.05) is 19.6 Å². The van der Waals surface area contributed by atoms with E-state index in [2.05, 4.69) is 4.98 Å². The molecule has 0 aliphatic carbocycles. The zero-order valence-corrected chi connectivity index (χ0v) is 20.4. The first kappa shape index (κ1) is 26.8. The van der Waals surface area contributed by atoms with Crippen LogP contribution in [0.3, 0.4) is 0 Å². The van der Waals surface area contributed by atoms with E-state index in [9.17, 15) is 38.4 Å². The molecule has 34 heavy (non-hydrogen) atoms. The highest BCUT2D eigenvalue weighted by atomic mass is 35.5. The lowest BCUT2D eigenvalue weighted by Gasteiger charge is -2.31. The Morgan fingerprint density at radius 2 is 1.65 bits per heavy atom. The van der Waals surface area contributed by atoms with Crippen LogP contribution in [-0.4, -0.2) is 59.7 Å². The summed E-state index contributed by atoms with van der Waals surface area (Å²) in [5.41, 5.74) is -5.44. The third-order valence-corrected chi connectivity index (χ3v) is 10.4. The molecule has 188 valence electrons. The van der Waals surface area contributed by atoms with Gasteiger partial charge in [-0.15, -0.1) is 0 Å². The Morgan fingerprint density at radius 3 is 2.21 bits per heavy atom. The SMILES string of the molecule is O=S(=O)(c1ccccn1)c1cc(Cl)ccc1S(=O)(=O)N1CCC(CNS(=O)(=O)C(F)(F)F)CC1. The van der Waals surface area contributed by atoms with E-state index >= 15 is 0 Å². The molecule has 0 saturated carbocycles. The number of nitrogens with one attached hydrogen (secondary N) is 1. The fourth-order valence-electron chi connectivity index (χ4n) is 3.33. The summed E-state index contributed by atoms with van der Waals surface area (Å²) in [6.45, 7) is -0.797. The summed E-state index contributed by atoms with van der Waals surface area (Å²) in [5, 5.41) is -0.381. The Kier molecular flexibility index (Phi) is 7.65. The van der Waals surface area contributed by atoms with Crippen LogP contribution in [0.15, 0.2) is 57.4 Å². The van der Waals surface area contributed by atoms with Gasteiger partial charge in [0.15, 0.2) is 5.03 Å². The Hall–Kier alpha value is -1.78. The number of sulfone groups is 1. The zero-order valence-electron chi connectivity index (χ0n) is 17.2. The highest BCUT2D eigenvalue weighted by molar-refractivity contribution is 7.93. The molecule has 1 aromatic heterocycles. The predicted molar refractivity (Wildman–Crippen MR) is 116 cm³/mol. The van der Waals surface area contributed by atoms with Gasteiger partial charge in [-0.05, 0) is 49.1 Å². The molecule has 0 spiro atoms. The standard InChI is InChI=1S/C18H19ClF3N3O6S3/c19-14-4-5-15(16(11-14)32(26,27)17-3-1-2-8-23-17)33(28,29)25-9-6-13(7-10-25)12-24-34(30,31)18(20,21)22/h1-5,8,11,13,24H,6-7,9-10,12H2. The molecule has 1 saturated heterocycles. The number of pyridine rings is 1. The van der Waals surface area contributed by atoms with Crippen molar-refractivity contribution in [3.8, 4) is 0 Å². The van der Waals surface area contributed by atoms with Crippen molar-refractivity contribution >= 4 is 41.5 Å². The second-order valence-electron chi connectivity index (χ2n) is 7.41. The fraction of sp³-hybridized carbons (Fsp3) is 0.389. The Morgan fingerprint density at radius 1 is 1.00 bits per heavy atom. The summed E-state index contributed by atoms with van der Waals surface area (Å²) in [4.78, 5) is 2.71. The van der Waals surface area contributed by atoms with Crippen molar-refractivity contribution in [1.29, 1.82) is 0 Å². The molecule has 1 N–H and O–H groups in total.